The average molecular weight is 287 g/mol. The number of amides is 1. The van der Waals surface area contributed by atoms with Gasteiger partial charge < -0.3 is 11.1 Å². The zero-order chi connectivity index (χ0) is 12.5. The SMILES string of the molecule is Cl.N[C@@H]1CCC[C@H]1CC(=O)NCC1CC2CCC1C2. The van der Waals surface area contributed by atoms with E-state index in [1.54, 1.807) is 0 Å². The summed E-state index contributed by atoms with van der Waals surface area (Å²) in [6.45, 7) is 0.919. The fourth-order valence-corrected chi connectivity index (χ4v) is 4.50. The fraction of sp³-hybridized carbons (Fsp3) is 0.933. The van der Waals surface area contributed by atoms with Gasteiger partial charge in [0, 0.05) is 19.0 Å². The number of carbonyl (C=O) groups excluding carboxylic acids is 1. The van der Waals surface area contributed by atoms with E-state index in [1.807, 2.05) is 0 Å². The Labute approximate surface area is 122 Å². The largest absolute Gasteiger partial charge is 0.356 e. The summed E-state index contributed by atoms with van der Waals surface area (Å²) in [4.78, 5) is 11.9. The van der Waals surface area contributed by atoms with Crippen molar-refractivity contribution in [2.75, 3.05) is 6.54 Å². The molecule has 3 unspecified atom stereocenters. The molecule has 4 heteroatoms. The zero-order valence-corrected chi connectivity index (χ0v) is 12.5. The van der Waals surface area contributed by atoms with Crippen molar-refractivity contribution in [3.05, 3.63) is 0 Å². The second-order valence-corrected chi connectivity index (χ2v) is 6.80. The highest BCUT2D eigenvalue weighted by molar-refractivity contribution is 5.85. The maximum Gasteiger partial charge on any atom is 0.220 e. The maximum atomic E-state index is 11.9. The molecule has 0 heterocycles. The van der Waals surface area contributed by atoms with Crippen LogP contribution in [0.1, 0.15) is 51.4 Å². The minimum absolute atomic E-state index is 0. The van der Waals surface area contributed by atoms with Crippen molar-refractivity contribution >= 4 is 18.3 Å². The molecule has 0 aromatic heterocycles. The third-order valence-electron chi connectivity index (χ3n) is 5.61. The molecule has 0 spiro atoms. The topological polar surface area (TPSA) is 55.1 Å². The highest BCUT2D eigenvalue weighted by Crippen LogP contribution is 2.47. The number of rotatable bonds is 4. The van der Waals surface area contributed by atoms with Crippen LogP contribution in [0.4, 0.5) is 0 Å². The average Bonchev–Trinajstić information content (AvgIpc) is 3.04. The minimum atomic E-state index is 0. The van der Waals surface area contributed by atoms with Crippen LogP contribution < -0.4 is 11.1 Å². The number of halogens is 1. The van der Waals surface area contributed by atoms with Gasteiger partial charge in [-0.3, -0.25) is 4.79 Å². The molecule has 3 rings (SSSR count). The molecular formula is C15H27ClN2O. The van der Waals surface area contributed by atoms with Crippen LogP contribution in [0.15, 0.2) is 0 Å². The van der Waals surface area contributed by atoms with Gasteiger partial charge in [0.05, 0.1) is 0 Å². The van der Waals surface area contributed by atoms with Crippen molar-refractivity contribution in [2.45, 2.75) is 57.4 Å². The van der Waals surface area contributed by atoms with Gasteiger partial charge in [-0.05, 0) is 55.8 Å². The Kier molecular flexibility index (Phi) is 5.13. The second kappa shape index (κ2) is 6.45. The number of hydrogen-bond acceptors (Lipinski definition) is 2. The first-order valence-corrected chi connectivity index (χ1v) is 7.74. The van der Waals surface area contributed by atoms with Gasteiger partial charge >= 0.3 is 0 Å². The molecule has 0 aliphatic heterocycles. The van der Waals surface area contributed by atoms with E-state index in [0.29, 0.717) is 12.3 Å². The normalized spacial score (nSPS) is 40.2. The Morgan fingerprint density at radius 3 is 2.53 bits per heavy atom. The van der Waals surface area contributed by atoms with Crippen LogP contribution >= 0.6 is 12.4 Å². The van der Waals surface area contributed by atoms with Crippen LogP contribution in [0.3, 0.4) is 0 Å². The van der Waals surface area contributed by atoms with Gasteiger partial charge in [-0.25, -0.2) is 0 Å². The molecule has 0 aromatic rings. The maximum absolute atomic E-state index is 11.9. The number of nitrogens with two attached hydrogens (primary N) is 1. The van der Waals surface area contributed by atoms with Gasteiger partial charge in [0.2, 0.25) is 5.91 Å². The minimum Gasteiger partial charge on any atom is -0.356 e. The Morgan fingerprint density at radius 2 is 1.95 bits per heavy atom. The van der Waals surface area contributed by atoms with E-state index in [4.69, 9.17) is 5.73 Å². The molecule has 0 saturated heterocycles. The van der Waals surface area contributed by atoms with Gasteiger partial charge in [0.1, 0.15) is 0 Å². The lowest BCUT2D eigenvalue weighted by atomic mass is 9.89. The molecule has 5 atom stereocenters. The van der Waals surface area contributed by atoms with Crippen molar-refractivity contribution in [3.8, 4) is 0 Å². The molecule has 1 amide bonds. The van der Waals surface area contributed by atoms with Crippen LogP contribution in [0, 0.1) is 23.7 Å². The van der Waals surface area contributed by atoms with Crippen molar-refractivity contribution in [2.24, 2.45) is 29.4 Å². The summed E-state index contributed by atoms with van der Waals surface area (Å²) < 4.78 is 0. The molecule has 3 N–H and O–H groups in total. The smallest absolute Gasteiger partial charge is 0.220 e. The van der Waals surface area contributed by atoms with Crippen molar-refractivity contribution in [1.29, 1.82) is 0 Å². The molecule has 3 aliphatic rings. The van der Waals surface area contributed by atoms with Gasteiger partial charge in [-0.15, -0.1) is 12.4 Å². The predicted octanol–water partition coefficient (Wildman–Crippen LogP) is 2.48. The summed E-state index contributed by atoms with van der Waals surface area (Å²) in [5.74, 6) is 3.32. The Balaban J connectivity index is 0.00000133. The number of nitrogens with one attached hydrogen (secondary N) is 1. The summed E-state index contributed by atoms with van der Waals surface area (Å²) in [5, 5.41) is 3.16. The molecule has 2 bridgehead atoms. The third-order valence-corrected chi connectivity index (χ3v) is 5.61. The molecule has 3 fully saturated rings. The van der Waals surface area contributed by atoms with E-state index in [-0.39, 0.29) is 24.4 Å². The van der Waals surface area contributed by atoms with E-state index >= 15 is 0 Å². The molecule has 3 aliphatic carbocycles. The molecule has 110 valence electrons. The lowest BCUT2D eigenvalue weighted by molar-refractivity contribution is -0.122. The highest BCUT2D eigenvalue weighted by atomic mass is 35.5. The number of fused-ring (bicyclic) bond motifs is 2. The molecule has 0 aromatic carbocycles. The van der Waals surface area contributed by atoms with Crippen LogP contribution in [-0.2, 0) is 4.79 Å². The summed E-state index contributed by atoms with van der Waals surface area (Å²) >= 11 is 0. The molecule has 0 radical (unpaired) electrons. The Bertz CT molecular complexity index is 323. The summed E-state index contributed by atoms with van der Waals surface area (Å²) in [6.07, 6.45) is 9.72. The van der Waals surface area contributed by atoms with Crippen LogP contribution in [-0.4, -0.2) is 18.5 Å². The van der Waals surface area contributed by atoms with E-state index in [9.17, 15) is 4.79 Å². The van der Waals surface area contributed by atoms with Crippen LogP contribution in [0.25, 0.3) is 0 Å². The Morgan fingerprint density at radius 1 is 1.11 bits per heavy atom. The first-order valence-electron chi connectivity index (χ1n) is 7.74. The van der Waals surface area contributed by atoms with E-state index in [2.05, 4.69) is 5.32 Å². The van der Waals surface area contributed by atoms with Crippen molar-refractivity contribution < 1.29 is 4.79 Å². The highest BCUT2D eigenvalue weighted by Gasteiger charge is 2.39. The lowest BCUT2D eigenvalue weighted by Crippen LogP contribution is -2.35. The zero-order valence-electron chi connectivity index (χ0n) is 11.6. The molecule has 3 saturated carbocycles. The van der Waals surface area contributed by atoms with Gasteiger partial charge in [0.25, 0.3) is 0 Å². The summed E-state index contributed by atoms with van der Waals surface area (Å²) in [6, 6.07) is 0.262. The quantitative estimate of drug-likeness (QED) is 0.834. The Hall–Kier alpha value is -0.280. The summed E-state index contributed by atoms with van der Waals surface area (Å²) in [7, 11) is 0. The number of carbonyl (C=O) groups is 1. The first-order chi connectivity index (χ1) is 8.72. The van der Waals surface area contributed by atoms with Gasteiger partial charge in [0.15, 0.2) is 0 Å². The van der Waals surface area contributed by atoms with Crippen molar-refractivity contribution in [1.82, 2.24) is 5.32 Å². The van der Waals surface area contributed by atoms with E-state index in [0.717, 1.165) is 37.1 Å². The van der Waals surface area contributed by atoms with E-state index < -0.39 is 0 Å². The molecular weight excluding hydrogens is 260 g/mol. The monoisotopic (exact) mass is 286 g/mol. The molecule has 19 heavy (non-hydrogen) atoms. The predicted molar refractivity (Wildman–Crippen MR) is 79.1 cm³/mol. The van der Waals surface area contributed by atoms with Crippen molar-refractivity contribution in [3.63, 3.8) is 0 Å². The standard InChI is InChI=1S/C15H26N2O.ClH/c16-14-3-1-2-12(14)8-15(18)17-9-13-7-10-4-5-11(13)6-10;/h10-14H,1-9,16H2,(H,17,18);1H/t10?,11?,12-,13?,14+;/m0./s1. The fourth-order valence-electron chi connectivity index (χ4n) is 4.50. The lowest BCUT2D eigenvalue weighted by Gasteiger charge is -2.22. The van der Waals surface area contributed by atoms with Crippen LogP contribution in [0.2, 0.25) is 0 Å². The summed E-state index contributed by atoms with van der Waals surface area (Å²) in [5.41, 5.74) is 6.01. The third kappa shape index (κ3) is 3.43. The molecule has 3 nitrogen and oxygen atoms in total. The van der Waals surface area contributed by atoms with E-state index in [1.165, 1.54) is 32.1 Å². The van der Waals surface area contributed by atoms with Gasteiger partial charge in [-0.1, -0.05) is 12.8 Å². The van der Waals surface area contributed by atoms with Crippen LogP contribution in [0.5, 0.6) is 0 Å². The first kappa shape index (κ1) is 15.1. The van der Waals surface area contributed by atoms with Gasteiger partial charge in [-0.2, -0.15) is 0 Å². The second-order valence-electron chi connectivity index (χ2n) is 6.80. The number of hydrogen-bond donors (Lipinski definition) is 2.